The highest BCUT2D eigenvalue weighted by atomic mass is 19.1. The van der Waals surface area contributed by atoms with Crippen molar-refractivity contribution in [1.82, 2.24) is 0 Å². The van der Waals surface area contributed by atoms with Crippen molar-refractivity contribution in [3.8, 4) is 0 Å². The first-order valence-corrected chi connectivity index (χ1v) is 4.95. The van der Waals surface area contributed by atoms with E-state index in [1.165, 1.54) is 32.4 Å². The highest BCUT2D eigenvalue weighted by molar-refractivity contribution is 5.96. The van der Waals surface area contributed by atoms with Crippen LogP contribution in [-0.2, 0) is 16.1 Å². The highest BCUT2D eigenvalue weighted by Crippen LogP contribution is 2.27. The summed E-state index contributed by atoms with van der Waals surface area (Å²) in [4.78, 5) is 11.5. The van der Waals surface area contributed by atoms with Crippen LogP contribution in [-0.4, -0.2) is 20.2 Å². The van der Waals surface area contributed by atoms with E-state index in [1.807, 2.05) is 0 Å². The molecule has 0 unspecified atom stereocenters. The van der Waals surface area contributed by atoms with Crippen LogP contribution in [0.3, 0.4) is 0 Å². The molecule has 0 radical (unpaired) electrons. The van der Waals surface area contributed by atoms with Gasteiger partial charge < -0.3 is 13.9 Å². The molecule has 90 valence electrons. The lowest BCUT2D eigenvalue weighted by Gasteiger charge is -1.99. The molecule has 1 aromatic heterocycles. The number of ether oxygens (including phenoxy) is 2. The quantitative estimate of drug-likeness (QED) is 0.771. The van der Waals surface area contributed by atoms with Crippen molar-refractivity contribution in [2.75, 3.05) is 14.2 Å². The Balaban J connectivity index is 2.66. The number of benzene rings is 1. The van der Waals surface area contributed by atoms with Gasteiger partial charge in [0.05, 0.1) is 13.7 Å². The fourth-order valence-electron chi connectivity index (χ4n) is 1.67. The smallest absolute Gasteiger partial charge is 0.374 e. The molecule has 4 nitrogen and oxygen atoms in total. The van der Waals surface area contributed by atoms with Crippen LogP contribution in [0.15, 0.2) is 22.6 Å². The van der Waals surface area contributed by atoms with Crippen molar-refractivity contribution in [1.29, 1.82) is 0 Å². The second-order valence-corrected chi connectivity index (χ2v) is 3.47. The van der Waals surface area contributed by atoms with Gasteiger partial charge in [-0.2, -0.15) is 0 Å². The minimum Gasteiger partial charge on any atom is -0.463 e. The number of carbonyl (C=O) groups excluding carboxylic acids is 1. The number of carbonyl (C=O) groups is 1. The minimum absolute atomic E-state index is 0.0509. The third-order valence-corrected chi connectivity index (χ3v) is 2.41. The first-order chi connectivity index (χ1) is 8.17. The van der Waals surface area contributed by atoms with Gasteiger partial charge in [-0.05, 0) is 18.2 Å². The van der Waals surface area contributed by atoms with E-state index in [1.54, 1.807) is 0 Å². The van der Waals surface area contributed by atoms with Gasteiger partial charge in [-0.25, -0.2) is 9.18 Å². The van der Waals surface area contributed by atoms with Crippen LogP contribution < -0.4 is 0 Å². The monoisotopic (exact) mass is 238 g/mol. The Morgan fingerprint density at radius 3 is 2.82 bits per heavy atom. The first kappa shape index (κ1) is 11.6. The molecular weight excluding hydrogens is 227 g/mol. The standard InChI is InChI=1S/C12H11FO4/c1-15-6-9-8-5-7(13)3-4-10(8)17-11(9)12(14)16-2/h3-5H,6H2,1-2H3. The van der Waals surface area contributed by atoms with E-state index < -0.39 is 11.8 Å². The average molecular weight is 238 g/mol. The van der Waals surface area contributed by atoms with E-state index in [9.17, 15) is 9.18 Å². The van der Waals surface area contributed by atoms with Crippen molar-refractivity contribution in [3.05, 3.63) is 35.3 Å². The van der Waals surface area contributed by atoms with E-state index in [4.69, 9.17) is 9.15 Å². The molecule has 0 saturated carbocycles. The normalized spacial score (nSPS) is 10.8. The SMILES string of the molecule is COCc1c(C(=O)OC)oc2ccc(F)cc12. The Hall–Kier alpha value is -1.88. The average Bonchev–Trinajstić information content (AvgIpc) is 2.67. The lowest BCUT2D eigenvalue weighted by molar-refractivity contribution is 0.0561. The van der Waals surface area contributed by atoms with Crippen LogP contribution in [0, 0.1) is 5.82 Å². The second kappa shape index (κ2) is 4.55. The van der Waals surface area contributed by atoms with Crippen molar-refractivity contribution < 1.29 is 23.1 Å². The summed E-state index contributed by atoms with van der Waals surface area (Å²) in [6.45, 7) is 0.154. The fraction of sp³-hybridized carbons (Fsp3) is 0.250. The molecule has 0 aliphatic heterocycles. The summed E-state index contributed by atoms with van der Waals surface area (Å²) in [7, 11) is 2.74. The molecule has 0 bridgehead atoms. The Kier molecular flexibility index (Phi) is 3.10. The van der Waals surface area contributed by atoms with Gasteiger partial charge in [0.2, 0.25) is 5.76 Å². The summed E-state index contributed by atoms with van der Waals surface area (Å²) in [5, 5.41) is 0.521. The van der Waals surface area contributed by atoms with Gasteiger partial charge in [0.15, 0.2) is 0 Å². The highest BCUT2D eigenvalue weighted by Gasteiger charge is 2.21. The van der Waals surface area contributed by atoms with Gasteiger partial charge in [-0.15, -0.1) is 0 Å². The molecule has 0 N–H and O–H groups in total. The number of halogens is 1. The lowest BCUT2D eigenvalue weighted by atomic mass is 10.1. The Bertz CT molecular complexity index is 559. The predicted octanol–water partition coefficient (Wildman–Crippen LogP) is 2.50. The molecule has 0 aliphatic carbocycles. The number of esters is 1. The zero-order valence-electron chi connectivity index (χ0n) is 9.45. The van der Waals surface area contributed by atoms with Crippen molar-refractivity contribution >= 4 is 16.9 Å². The fourth-order valence-corrected chi connectivity index (χ4v) is 1.67. The third kappa shape index (κ3) is 2.01. The summed E-state index contributed by atoms with van der Waals surface area (Å²) in [5.41, 5.74) is 0.924. The molecule has 0 amide bonds. The molecule has 0 aliphatic rings. The van der Waals surface area contributed by atoms with Crippen LogP contribution in [0.4, 0.5) is 4.39 Å². The zero-order chi connectivity index (χ0) is 12.4. The van der Waals surface area contributed by atoms with Crippen LogP contribution in [0.1, 0.15) is 16.1 Å². The number of hydrogen-bond acceptors (Lipinski definition) is 4. The molecule has 2 aromatic rings. The minimum atomic E-state index is -0.603. The van der Waals surface area contributed by atoms with Gasteiger partial charge in [0.25, 0.3) is 0 Å². The molecule has 5 heteroatoms. The summed E-state index contributed by atoms with van der Waals surface area (Å²) in [6, 6.07) is 4.04. The topological polar surface area (TPSA) is 48.7 Å². The van der Waals surface area contributed by atoms with Crippen LogP contribution in [0.5, 0.6) is 0 Å². The van der Waals surface area contributed by atoms with Gasteiger partial charge >= 0.3 is 5.97 Å². The van der Waals surface area contributed by atoms with Crippen molar-refractivity contribution in [3.63, 3.8) is 0 Å². The van der Waals surface area contributed by atoms with Crippen LogP contribution in [0.25, 0.3) is 11.0 Å². The number of rotatable bonds is 3. The Morgan fingerprint density at radius 1 is 1.41 bits per heavy atom. The summed E-state index contributed by atoms with van der Waals surface area (Å²) < 4.78 is 28.1. The molecule has 2 rings (SSSR count). The molecular formula is C12H11FO4. The maximum absolute atomic E-state index is 13.2. The van der Waals surface area contributed by atoms with Gasteiger partial charge in [0.1, 0.15) is 11.4 Å². The van der Waals surface area contributed by atoms with E-state index in [0.717, 1.165) is 0 Å². The molecule has 0 fully saturated rings. The largest absolute Gasteiger partial charge is 0.463 e. The molecule has 1 aromatic carbocycles. The second-order valence-electron chi connectivity index (χ2n) is 3.47. The van der Waals surface area contributed by atoms with Crippen molar-refractivity contribution in [2.24, 2.45) is 0 Å². The van der Waals surface area contributed by atoms with E-state index in [-0.39, 0.29) is 12.4 Å². The molecule has 17 heavy (non-hydrogen) atoms. The lowest BCUT2D eigenvalue weighted by Crippen LogP contribution is -2.03. The summed E-state index contributed by atoms with van der Waals surface area (Å²) in [6.07, 6.45) is 0. The molecule has 0 spiro atoms. The van der Waals surface area contributed by atoms with Gasteiger partial charge in [-0.1, -0.05) is 0 Å². The maximum atomic E-state index is 13.2. The number of hydrogen-bond donors (Lipinski definition) is 0. The number of methoxy groups -OCH3 is 2. The number of fused-ring (bicyclic) bond motifs is 1. The number of furan rings is 1. The zero-order valence-corrected chi connectivity index (χ0v) is 9.45. The van der Waals surface area contributed by atoms with E-state index in [0.29, 0.717) is 16.5 Å². The van der Waals surface area contributed by atoms with E-state index >= 15 is 0 Å². The van der Waals surface area contributed by atoms with E-state index in [2.05, 4.69) is 4.74 Å². The van der Waals surface area contributed by atoms with Gasteiger partial charge in [-0.3, -0.25) is 0 Å². The molecule has 1 heterocycles. The predicted molar refractivity (Wildman–Crippen MR) is 58.2 cm³/mol. The van der Waals surface area contributed by atoms with Crippen LogP contribution in [0.2, 0.25) is 0 Å². The third-order valence-electron chi connectivity index (χ3n) is 2.41. The summed E-state index contributed by atoms with van der Waals surface area (Å²) in [5.74, 6) is -0.948. The van der Waals surface area contributed by atoms with Crippen LogP contribution >= 0.6 is 0 Å². The Labute approximate surface area is 96.9 Å². The molecule has 0 atom stereocenters. The summed E-state index contributed by atoms with van der Waals surface area (Å²) >= 11 is 0. The maximum Gasteiger partial charge on any atom is 0.374 e. The van der Waals surface area contributed by atoms with Gasteiger partial charge in [0, 0.05) is 18.1 Å². The van der Waals surface area contributed by atoms with Crippen molar-refractivity contribution in [2.45, 2.75) is 6.61 Å². The Morgan fingerprint density at radius 2 is 2.18 bits per heavy atom. The first-order valence-electron chi connectivity index (χ1n) is 4.95. The molecule has 0 saturated heterocycles.